The number of amides is 1. The maximum atomic E-state index is 13.1. The number of rotatable bonds is 6. The van der Waals surface area contributed by atoms with Gasteiger partial charge >= 0.3 is 0 Å². The van der Waals surface area contributed by atoms with Gasteiger partial charge in [0.2, 0.25) is 0 Å². The molecule has 7 heteroatoms. The molecular weight excluding hydrogens is 410 g/mol. The molecule has 1 aliphatic rings. The standard InChI is InChI=1S/C24H27N3O3S/c1-16-14-19(27-10-12-29-13-11-27)8-9-22(16)25-24(28)20-6-4-5-7-23(20)31-15-21-17(2)26-30-18(21)3/h4-9,14H,10-13,15H2,1-3H3,(H,25,28). The van der Waals surface area contributed by atoms with E-state index in [1.807, 2.05) is 51.1 Å². The van der Waals surface area contributed by atoms with Gasteiger partial charge in [-0.25, -0.2) is 0 Å². The number of aromatic nitrogens is 1. The highest BCUT2D eigenvalue weighted by Crippen LogP contribution is 2.30. The molecule has 6 nitrogen and oxygen atoms in total. The van der Waals surface area contributed by atoms with Gasteiger partial charge in [-0.3, -0.25) is 4.79 Å². The normalized spacial score (nSPS) is 14.0. The predicted molar refractivity (Wildman–Crippen MR) is 124 cm³/mol. The molecule has 162 valence electrons. The molecule has 1 amide bonds. The minimum Gasteiger partial charge on any atom is -0.378 e. The maximum Gasteiger partial charge on any atom is 0.256 e. The van der Waals surface area contributed by atoms with Crippen LogP contribution in [0.5, 0.6) is 0 Å². The Kier molecular flexibility index (Phi) is 6.63. The molecule has 1 saturated heterocycles. The van der Waals surface area contributed by atoms with E-state index in [0.29, 0.717) is 11.3 Å². The zero-order valence-electron chi connectivity index (χ0n) is 18.1. The van der Waals surface area contributed by atoms with Crippen LogP contribution < -0.4 is 10.2 Å². The van der Waals surface area contributed by atoms with Crippen molar-refractivity contribution in [1.82, 2.24) is 5.16 Å². The van der Waals surface area contributed by atoms with Crippen LogP contribution in [0.25, 0.3) is 0 Å². The topological polar surface area (TPSA) is 67.6 Å². The van der Waals surface area contributed by atoms with Gasteiger partial charge in [-0.1, -0.05) is 17.3 Å². The summed E-state index contributed by atoms with van der Waals surface area (Å²) in [7, 11) is 0. The van der Waals surface area contributed by atoms with Crippen LogP contribution in [0.4, 0.5) is 11.4 Å². The van der Waals surface area contributed by atoms with Crippen LogP contribution in [-0.2, 0) is 10.5 Å². The average Bonchev–Trinajstić information content (AvgIpc) is 3.11. The van der Waals surface area contributed by atoms with E-state index in [-0.39, 0.29) is 5.91 Å². The number of hydrogen-bond donors (Lipinski definition) is 1. The number of benzene rings is 2. The second kappa shape index (κ2) is 9.58. The van der Waals surface area contributed by atoms with Crippen molar-refractivity contribution in [3.8, 4) is 0 Å². The smallest absolute Gasteiger partial charge is 0.256 e. The highest BCUT2D eigenvalue weighted by atomic mass is 32.2. The molecule has 0 radical (unpaired) electrons. The maximum absolute atomic E-state index is 13.1. The number of nitrogens with zero attached hydrogens (tertiary/aromatic N) is 2. The molecule has 2 heterocycles. The second-order valence-corrected chi connectivity index (χ2v) is 8.66. The monoisotopic (exact) mass is 437 g/mol. The largest absolute Gasteiger partial charge is 0.378 e. The number of ether oxygens (including phenoxy) is 1. The van der Waals surface area contributed by atoms with E-state index in [2.05, 4.69) is 27.5 Å². The average molecular weight is 438 g/mol. The number of hydrogen-bond acceptors (Lipinski definition) is 6. The summed E-state index contributed by atoms with van der Waals surface area (Å²) in [6.07, 6.45) is 0. The third-order valence-electron chi connectivity index (χ3n) is 5.52. The zero-order valence-corrected chi connectivity index (χ0v) is 18.9. The molecule has 1 aromatic heterocycles. The molecule has 4 rings (SSSR count). The van der Waals surface area contributed by atoms with E-state index in [9.17, 15) is 4.79 Å². The van der Waals surface area contributed by atoms with Crippen LogP contribution in [0.15, 0.2) is 51.9 Å². The fourth-order valence-electron chi connectivity index (χ4n) is 3.63. The van der Waals surface area contributed by atoms with Crippen LogP contribution >= 0.6 is 11.8 Å². The van der Waals surface area contributed by atoms with E-state index in [1.165, 1.54) is 0 Å². The van der Waals surface area contributed by atoms with E-state index < -0.39 is 0 Å². The summed E-state index contributed by atoms with van der Waals surface area (Å²) >= 11 is 1.62. The first kappa shape index (κ1) is 21.5. The van der Waals surface area contributed by atoms with Gasteiger partial charge in [-0.2, -0.15) is 0 Å². The molecule has 0 aliphatic carbocycles. The highest BCUT2D eigenvalue weighted by molar-refractivity contribution is 7.98. The number of anilines is 2. The van der Waals surface area contributed by atoms with Crippen molar-refractivity contribution in [3.63, 3.8) is 0 Å². The molecular formula is C24H27N3O3S. The summed E-state index contributed by atoms with van der Waals surface area (Å²) in [6, 6.07) is 13.9. The fraction of sp³-hybridized carbons (Fsp3) is 0.333. The summed E-state index contributed by atoms with van der Waals surface area (Å²) in [5.41, 5.74) is 5.66. The van der Waals surface area contributed by atoms with Gasteiger partial charge in [0.1, 0.15) is 5.76 Å². The van der Waals surface area contributed by atoms with E-state index >= 15 is 0 Å². The molecule has 1 fully saturated rings. The Balaban J connectivity index is 1.47. The van der Waals surface area contributed by atoms with Crippen molar-refractivity contribution in [3.05, 3.63) is 70.6 Å². The Morgan fingerprint density at radius 2 is 1.90 bits per heavy atom. The Labute approximate surface area is 186 Å². The van der Waals surface area contributed by atoms with Gasteiger partial charge in [0, 0.05) is 40.7 Å². The van der Waals surface area contributed by atoms with Gasteiger partial charge in [-0.15, -0.1) is 11.8 Å². The Bertz CT molecular complexity index is 1050. The lowest BCUT2D eigenvalue weighted by Crippen LogP contribution is -2.36. The molecule has 0 saturated carbocycles. The van der Waals surface area contributed by atoms with Crippen molar-refractivity contribution >= 4 is 29.0 Å². The Morgan fingerprint density at radius 1 is 1.13 bits per heavy atom. The van der Waals surface area contributed by atoms with Crippen LogP contribution in [0.1, 0.15) is 32.9 Å². The Morgan fingerprint density at radius 3 is 2.61 bits per heavy atom. The molecule has 0 atom stereocenters. The van der Waals surface area contributed by atoms with Crippen LogP contribution in [0, 0.1) is 20.8 Å². The van der Waals surface area contributed by atoms with Gasteiger partial charge < -0.3 is 19.5 Å². The lowest BCUT2D eigenvalue weighted by atomic mass is 10.1. The molecule has 3 aromatic rings. The lowest BCUT2D eigenvalue weighted by Gasteiger charge is -2.29. The summed E-state index contributed by atoms with van der Waals surface area (Å²) in [5, 5.41) is 7.10. The summed E-state index contributed by atoms with van der Waals surface area (Å²) in [4.78, 5) is 16.3. The molecule has 31 heavy (non-hydrogen) atoms. The van der Waals surface area contributed by atoms with Crippen molar-refractivity contribution in [2.24, 2.45) is 0 Å². The lowest BCUT2D eigenvalue weighted by molar-refractivity contribution is 0.102. The summed E-state index contributed by atoms with van der Waals surface area (Å²) < 4.78 is 10.7. The van der Waals surface area contributed by atoms with Gasteiger partial charge in [0.05, 0.1) is 24.5 Å². The quantitative estimate of drug-likeness (QED) is 0.549. The van der Waals surface area contributed by atoms with E-state index in [0.717, 1.165) is 65.2 Å². The first-order chi connectivity index (χ1) is 15.0. The number of aryl methyl sites for hydroxylation is 3. The van der Waals surface area contributed by atoms with Crippen LogP contribution in [-0.4, -0.2) is 37.4 Å². The molecule has 0 bridgehead atoms. The van der Waals surface area contributed by atoms with Crippen molar-refractivity contribution in [1.29, 1.82) is 0 Å². The van der Waals surface area contributed by atoms with Gasteiger partial charge in [0.25, 0.3) is 5.91 Å². The fourth-order valence-corrected chi connectivity index (χ4v) is 4.84. The Hall–Kier alpha value is -2.77. The SMILES string of the molecule is Cc1cc(N2CCOCC2)ccc1NC(=O)c1ccccc1SCc1c(C)noc1C. The number of carbonyl (C=O) groups is 1. The minimum absolute atomic E-state index is 0.107. The third kappa shape index (κ3) is 4.94. The van der Waals surface area contributed by atoms with Crippen molar-refractivity contribution in [2.75, 3.05) is 36.5 Å². The zero-order chi connectivity index (χ0) is 21.8. The second-order valence-electron chi connectivity index (χ2n) is 7.64. The van der Waals surface area contributed by atoms with Crippen LogP contribution in [0.3, 0.4) is 0 Å². The van der Waals surface area contributed by atoms with E-state index in [1.54, 1.807) is 11.8 Å². The van der Waals surface area contributed by atoms with Crippen LogP contribution in [0.2, 0.25) is 0 Å². The third-order valence-corrected chi connectivity index (χ3v) is 6.62. The summed E-state index contributed by atoms with van der Waals surface area (Å²) in [6.45, 7) is 9.16. The number of morpholine rings is 1. The molecule has 0 unspecified atom stereocenters. The molecule has 0 spiro atoms. The molecule has 1 aliphatic heterocycles. The first-order valence-corrected chi connectivity index (χ1v) is 11.4. The van der Waals surface area contributed by atoms with Gasteiger partial charge in [-0.05, 0) is 56.7 Å². The molecule has 2 aromatic carbocycles. The number of carbonyl (C=O) groups excluding carboxylic acids is 1. The molecule has 1 N–H and O–H groups in total. The van der Waals surface area contributed by atoms with E-state index in [4.69, 9.17) is 9.26 Å². The minimum atomic E-state index is -0.107. The summed E-state index contributed by atoms with van der Waals surface area (Å²) in [5.74, 6) is 1.42. The number of thioether (sulfide) groups is 1. The van der Waals surface area contributed by atoms with Gasteiger partial charge in [0.15, 0.2) is 0 Å². The predicted octanol–water partition coefficient (Wildman–Crippen LogP) is 4.98. The van der Waals surface area contributed by atoms with Crippen molar-refractivity contribution < 1.29 is 14.1 Å². The highest BCUT2D eigenvalue weighted by Gasteiger charge is 2.16. The first-order valence-electron chi connectivity index (χ1n) is 10.4. The van der Waals surface area contributed by atoms with Crippen molar-refractivity contribution in [2.45, 2.75) is 31.4 Å². The number of nitrogens with one attached hydrogen (secondary N) is 1.